The minimum Gasteiger partial charge on any atom is -0.378 e. The third-order valence-electron chi connectivity index (χ3n) is 3.08. The fourth-order valence-corrected chi connectivity index (χ4v) is 2.52. The number of anilines is 1. The lowest BCUT2D eigenvalue weighted by Crippen LogP contribution is -2.21. The van der Waals surface area contributed by atoms with Crippen LogP contribution in [-0.2, 0) is 9.53 Å². The van der Waals surface area contributed by atoms with E-state index in [0.29, 0.717) is 6.42 Å². The fraction of sp³-hybridized carbons (Fsp3) is 0.500. The van der Waals surface area contributed by atoms with Crippen LogP contribution in [0.2, 0.25) is 0 Å². The molecule has 4 heteroatoms. The molecule has 0 spiro atoms. The Morgan fingerprint density at radius 2 is 2.33 bits per heavy atom. The van der Waals surface area contributed by atoms with E-state index in [4.69, 9.17) is 4.74 Å². The second-order valence-electron chi connectivity index (χ2n) is 4.59. The van der Waals surface area contributed by atoms with Crippen molar-refractivity contribution >= 4 is 27.5 Å². The van der Waals surface area contributed by atoms with Crippen LogP contribution < -0.4 is 5.32 Å². The second-order valence-corrected chi connectivity index (χ2v) is 5.50. The Labute approximate surface area is 116 Å². The first-order valence-corrected chi connectivity index (χ1v) is 7.20. The molecule has 1 aliphatic rings. The van der Waals surface area contributed by atoms with Gasteiger partial charge in [0.05, 0.1) is 6.10 Å². The molecule has 1 aliphatic heterocycles. The highest BCUT2D eigenvalue weighted by molar-refractivity contribution is 9.10. The SMILES string of the molecule is O=C(CCC1CCCCO1)Nc1cccc(Br)c1. The second kappa shape index (κ2) is 6.90. The van der Waals surface area contributed by atoms with Crippen LogP contribution >= 0.6 is 15.9 Å². The number of amides is 1. The van der Waals surface area contributed by atoms with Gasteiger partial charge in [0.1, 0.15) is 0 Å². The van der Waals surface area contributed by atoms with Gasteiger partial charge in [-0.05, 0) is 43.9 Å². The van der Waals surface area contributed by atoms with Gasteiger partial charge in [0.25, 0.3) is 0 Å². The van der Waals surface area contributed by atoms with E-state index in [1.807, 2.05) is 24.3 Å². The monoisotopic (exact) mass is 311 g/mol. The molecule has 0 aliphatic carbocycles. The molecular formula is C14H18BrNO2. The summed E-state index contributed by atoms with van der Waals surface area (Å²) < 4.78 is 6.58. The number of hydrogen-bond donors (Lipinski definition) is 1. The zero-order valence-corrected chi connectivity index (χ0v) is 11.9. The van der Waals surface area contributed by atoms with Crippen molar-refractivity contribution in [2.45, 2.75) is 38.2 Å². The largest absolute Gasteiger partial charge is 0.378 e. The van der Waals surface area contributed by atoms with E-state index in [-0.39, 0.29) is 12.0 Å². The summed E-state index contributed by atoms with van der Waals surface area (Å²) >= 11 is 3.38. The molecule has 0 saturated carbocycles. The quantitative estimate of drug-likeness (QED) is 0.920. The van der Waals surface area contributed by atoms with Crippen LogP contribution in [0.3, 0.4) is 0 Å². The normalized spacial score (nSPS) is 19.5. The number of rotatable bonds is 4. The van der Waals surface area contributed by atoms with Crippen molar-refractivity contribution in [2.24, 2.45) is 0 Å². The van der Waals surface area contributed by atoms with E-state index in [1.54, 1.807) is 0 Å². The molecular weight excluding hydrogens is 294 g/mol. The Hall–Kier alpha value is -0.870. The molecule has 2 rings (SSSR count). The first kappa shape index (κ1) is 13.6. The van der Waals surface area contributed by atoms with Gasteiger partial charge in [0.15, 0.2) is 0 Å². The average molecular weight is 312 g/mol. The van der Waals surface area contributed by atoms with Crippen LogP contribution in [0.4, 0.5) is 5.69 Å². The Morgan fingerprint density at radius 1 is 1.44 bits per heavy atom. The maximum Gasteiger partial charge on any atom is 0.224 e. The fourth-order valence-electron chi connectivity index (χ4n) is 2.12. The van der Waals surface area contributed by atoms with Crippen LogP contribution in [0.5, 0.6) is 0 Å². The average Bonchev–Trinajstić information content (AvgIpc) is 2.38. The van der Waals surface area contributed by atoms with Crippen molar-refractivity contribution in [1.29, 1.82) is 0 Å². The number of benzene rings is 1. The van der Waals surface area contributed by atoms with Crippen LogP contribution in [0.15, 0.2) is 28.7 Å². The summed E-state index contributed by atoms with van der Waals surface area (Å²) in [7, 11) is 0. The summed E-state index contributed by atoms with van der Waals surface area (Å²) in [5.74, 6) is 0.0577. The van der Waals surface area contributed by atoms with Gasteiger partial charge in [-0.1, -0.05) is 22.0 Å². The van der Waals surface area contributed by atoms with E-state index < -0.39 is 0 Å². The van der Waals surface area contributed by atoms with Crippen molar-refractivity contribution in [2.75, 3.05) is 11.9 Å². The molecule has 0 aromatic heterocycles. The van der Waals surface area contributed by atoms with Crippen LogP contribution in [0.1, 0.15) is 32.1 Å². The Morgan fingerprint density at radius 3 is 3.06 bits per heavy atom. The minimum absolute atomic E-state index is 0.0577. The van der Waals surface area contributed by atoms with E-state index in [9.17, 15) is 4.79 Å². The number of carbonyl (C=O) groups is 1. The summed E-state index contributed by atoms with van der Waals surface area (Å²) in [6.07, 6.45) is 5.08. The molecule has 1 saturated heterocycles. The van der Waals surface area contributed by atoms with E-state index in [0.717, 1.165) is 36.0 Å². The summed E-state index contributed by atoms with van der Waals surface area (Å²) in [5, 5.41) is 2.90. The van der Waals surface area contributed by atoms with Crippen molar-refractivity contribution < 1.29 is 9.53 Å². The van der Waals surface area contributed by atoms with Gasteiger partial charge < -0.3 is 10.1 Å². The molecule has 1 unspecified atom stereocenters. The van der Waals surface area contributed by atoms with Gasteiger partial charge in [-0.15, -0.1) is 0 Å². The first-order valence-electron chi connectivity index (χ1n) is 6.41. The molecule has 1 aromatic carbocycles. The number of nitrogens with one attached hydrogen (secondary N) is 1. The summed E-state index contributed by atoms with van der Waals surface area (Å²) in [5.41, 5.74) is 0.832. The Bertz CT molecular complexity index is 403. The predicted molar refractivity (Wildman–Crippen MR) is 75.6 cm³/mol. The summed E-state index contributed by atoms with van der Waals surface area (Å²) in [6, 6.07) is 7.63. The Balaban J connectivity index is 1.74. The maximum absolute atomic E-state index is 11.8. The van der Waals surface area contributed by atoms with Gasteiger partial charge in [-0.2, -0.15) is 0 Å². The first-order chi connectivity index (χ1) is 8.74. The third kappa shape index (κ3) is 4.42. The molecule has 18 heavy (non-hydrogen) atoms. The van der Waals surface area contributed by atoms with Gasteiger partial charge >= 0.3 is 0 Å². The van der Waals surface area contributed by atoms with Gasteiger partial charge in [0, 0.05) is 23.2 Å². The van der Waals surface area contributed by atoms with Gasteiger partial charge in [-0.25, -0.2) is 0 Å². The Kier molecular flexibility index (Phi) is 5.20. The molecule has 98 valence electrons. The highest BCUT2D eigenvalue weighted by atomic mass is 79.9. The lowest BCUT2D eigenvalue weighted by atomic mass is 10.0. The summed E-state index contributed by atoms with van der Waals surface area (Å²) in [6.45, 7) is 0.845. The predicted octanol–water partition coefficient (Wildman–Crippen LogP) is 3.74. The molecule has 1 heterocycles. The number of carbonyl (C=O) groups excluding carboxylic acids is 1. The molecule has 0 radical (unpaired) electrons. The van der Waals surface area contributed by atoms with Gasteiger partial charge in [-0.3, -0.25) is 4.79 Å². The zero-order valence-electron chi connectivity index (χ0n) is 10.3. The molecule has 1 amide bonds. The molecule has 1 N–H and O–H groups in total. The third-order valence-corrected chi connectivity index (χ3v) is 3.57. The zero-order chi connectivity index (χ0) is 12.8. The van der Waals surface area contributed by atoms with Crippen molar-refractivity contribution in [3.63, 3.8) is 0 Å². The smallest absolute Gasteiger partial charge is 0.224 e. The lowest BCUT2D eigenvalue weighted by Gasteiger charge is -2.22. The standard InChI is InChI=1S/C14H18BrNO2/c15-11-4-3-5-12(10-11)16-14(17)8-7-13-6-1-2-9-18-13/h3-5,10,13H,1-2,6-9H2,(H,16,17). The van der Waals surface area contributed by atoms with E-state index in [1.165, 1.54) is 6.42 Å². The molecule has 1 fully saturated rings. The van der Waals surface area contributed by atoms with E-state index >= 15 is 0 Å². The highest BCUT2D eigenvalue weighted by Gasteiger charge is 2.15. The van der Waals surface area contributed by atoms with Gasteiger partial charge in [0.2, 0.25) is 5.91 Å². The molecule has 3 nitrogen and oxygen atoms in total. The highest BCUT2D eigenvalue weighted by Crippen LogP contribution is 2.18. The van der Waals surface area contributed by atoms with Crippen molar-refractivity contribution in [3.05, 3.63) is 28.7 Å². The minimum atomic E-state index is 0.0577. The van der Waals surface area contributed by atoms with Crippen molar-refractivity contribution in [1.82, 2.24) is 0 Å². The number of ether oxygens (including phenoxy) is 1. The topological polar surface area (TPSA) is 38.3 Å². The van der Waals surface area contributed by atoms with Crippen LogP contribution in [0, 0.1) is 0 Å². The summed E-state index contributed by atoms with van der Waals surface area (Å²) in [4.78, 5) is 11.8. The molecule has 1 aromatic rings. The van der Waals surface area contributed by atoms with Crippen LogP contribution in [0.25, 0.3) is 0 Å². The molecule has 1 atom stereocenters. The maximum atomic E-state index is 11.8. The van der Waals surface area contributed by atoms with E-state index in [2.05, 4.69) is 21.2 Å². The number of halogens is 1. The lowest BCUT2D eigenvalue weighted by molar-refractivity contribution is -0.117. The number of hydrogen-bond acceptors (Lipinski definition) is 2. The molecule has 0 bridgehead atoms. The van der Waals surface area contributed by atoms with Crippen molar-refractivity contribution in [3.8, 4) is 0 Å². The van der Waals surface area contributed by atoms with Crippen LogP contribution in [-0.4, -0.2) is 18.6 Å².